The maximum absolute atomic E-state index is 12.3. The molecule has 0 spiro atoms. The van der Waals surface area contributed by atoms with Crippen LogP contribution in [-0.4, -0.2) is 37.0 Å². The summed E-state index contributed by atoms with van der Waals surface area (Å²) in [6.07, 6.45) is 69.2. The minimum Gasteiger partial charge on any atom is -0.457 e. The van der Waals surface area contributed by atoms with Crippen LogP contribution < -0.4 is 0 Å². The third-order valence-corrected chi connectivity index (χ3v) is 11.6. The van der Waals surface area contributed by atoms with E-state index in [-0.39, 0.29) is 12.6 Å². The highest BCUT2D eigenvalue weighted by Crippen LogP contribution is 2.15. The summed E-state index contributed by atoms with van der Waals surface area (Å²) in [7, 11) is 0. The van der Waals surface area contributed by atoms with E-state index >= 15 is 0 Å². The van der Waals surface area contributed by atoms with Crippen molar-refractivity contribution in [3.8, 4) is 0 Å². The number of aliphatic hydroxyl groups excluding tert-OH is 1. The fourth-order valence-electron chi connectivity index (χ4n) is 7.69. The smallest absolute Gasteiger partial charge is 0.306 e. The van der Waals surface area contributed by atoms with Crippen molar-refractivity contribution in [2.24, 2.45) is 0 Å². The van der Waals surface area contributed by atoms with Crippen LogP contribution in [0.25, 0.3) is 0 Å². The number of ether oxygens (including phenoxy) is 2. The summed E-state index contributed by atoms with van der Waals surface area (Å²) in [5.41, 5.74) is 0. The molecule has 0 bridgehead atoms. The number of rotatable bonds is 49. The second kappa shape index (κ2) is 52.5. The van der Waals surface area contributed by atoms with E-state index in [0.29, 0.717) is 19.6 Å². The molecule has 0 aromatic rings. The molecule has 0 aliphatic carbocycles. The highest BCUT2D eigenvalue weighted by atomic mass is 16.6. The minimum atomic E-state index is -0.538. The van der Waals surface area contributed by atoms with E-state index in [1.165, 1.54) is 218 Å². The zero-order valence-electron chi connectivity index (χ0n) is 39.8. The number of carbonyl (C=O) groups is 1. The molecule has 346 valence electrons. The number of hydrogen-bond acceptors (Lipinski definition) is 4. The Morgan fingerprint density at radius 1 is 0.407 bits per heavy atom. The number of aliphatic hydroxyl groups is 1. The maximum atomic E-state index is 12.3. The Morgan fingerprint density at radius 3 is 1.08 bits per heavy atom. The highest BCUT2D eigenvalue weighted by molar-refractivity contribution is 5.69. The Balaban J connectivity index is 3.41. The van der Waals surface area contributed by atoms with Gasteiger partial charge in [0.05, 0.1) is 13.2 Å². The van der Waals surface area contributed by atoms with Crippen molar-refractivity contribution in [1.82, 2.24) is 0 Å². The summed E-state index contributed by atoms with van der Waals surface area (Å²) in [4.78, 5) is 12.3. The monoisotopic (exact) mass is 827 g/mol. The Labute approximate surface area is 369 Å². The van der Waals surface area contributed by atoms with Crippen LogP contribution in [0.3, 0.4) is 0 Å². The van der Waals surface area contributed by atoms with Crippen LogP contribution in [-0.2, 0) is 14.3 Å². The van der Waals surface area contributed by atoms with Gasteiger partial charge in [-0.2, -0.15) is 0 Å². The first-order chi connectivity index (χ1) is 29.2. The standard InChI is InChI=1S/C55H102O4/c1-3-5-7-9-11-13-15-17-19-21-23-25-27-28-29-30-32-34-36-38-40-42-44-46-48-50-55(57)59-54(52-56)53-58-51-49-47-45-43-41-39-37-35-33-31-26-24-22-20-18-16-14-12-10-8-6-4-2/h15,17,21-24,27-28,54,56H,3-14,16,18-20,25-26,29-53H2,1-2H3/b17-15-,23-21-,24-22-,28-27-. The van der Waals surface area contributed by atoms with Crippen molar-refractivity contribution in [3.05, 3.63) is 48.6 Å². The molecule has 4 heteroatoms. The number of unbranched alkanes of at least 4 members (excludes halogenated alkanes) is 33. The lowest BCUT2D eigenvalue weighted by molar-refractivity contribution is -0.154. The van der Waals surface area contributed by atoms with Gasteiger partial charge in [-0.05, 0) is 77.0 Å². The molecule has 59 heavy (non-hydrogen) atoms. The summed E-state index contributed by atoms with van der Waals surface area (Å²) >= 11 is 0. The molecule has 0 aliphatic rings. The molecule has 1 N–H and O–H groups in total. The normalized spacial score (nSPS) is 12.7. The van der Waals surface area contributed by atoms with Crippen molar-refractivity contribution in [2.45, 2.75) is 277 Å². The fraction of sp³-hybridized carbons (Fsp3) is 0.836. The first-order valence-corrected chi connectivity index (χ1v) is 26.2. The summed E-state index contributed by atoms with van der Waals surface area (Å²) in [6.45, 7) is 5.36. The van der Waals surface area contributed by atoms with Crippen LogP contribution in [0.2, 0.25) is 0 Å². The van der Waals surface area contributed by atoms with Crippen LogP contribution in [0.15, 0.2) is 48.6 Å². The molecule has 0 aromatic carbocycles. The average Bonchev–Trinajstić information content (AvgIpc) is 3.24. The van der Waals surface area contributed by atoms with Gasteiger partial charge in [0.1, 0.15) is 6.10 Å². The molecule has 0 aromatic heterocycles. The molecule has 0 heterocycles. The summed E-state index contributed by atoms with van der Waals surface area (Å²) in [6, 6.07) is 0. The van der Waals surface area contributed by atoms with E-state index < -0.39 is 6.10 Å². The molecule has 0 saturated heterocycles. The molecule has 1 unspecified atom stereocenters. The third kappa shape index (κ3) is 50.6. The van der Waals surface area contributed by atoms with Gasteiger partial charge >= 0.3 is 5.97 Å². The number of allylic oxidation sites excluding steroid dienone is 8. The second-order valence-corrected chi connectivity index (χ2v) is 17.6. The maximum Gasteiger partial charge on any atom is 0.306 e. The second-order valence-electron chi connectivity index (χ2n) is 17.6. The number of carbonyl (C=O) groups excluding carboxylic acids is 1. The molecule has 1 atom stereocenters. The van der Waals surface area contributed by atoms with E-state index in [4.69, 9.17) is 9.47 Å². The lowest BCUT2D eigenvalue weighted by atomic mass is 10.0. The largest absolute Gasteiger partial charge is 0.457 e. The lowest BCUT2D eigenvalue weighted by Crippen LogP contribution is -2.27. The van der Waals surface area contributed by atoms with E-state index in [2.05, 4.69) is 62.5 Å². The van der Waals surface area contributed by atoms with Gasteiger partial charge in [0, 0.05) is 13.0 Å². The van der Waals surface area contributed by atoms with Crippen molar-refractivity contribution in [3.63, 3.8) is 0 Å². The predicted molar refractivity (Wildman–Crippen MR) is 260 cm³/mol. The van der Waals surface area contributed by atoms with E-state index in [1.54, 1.807) is 0 Å². The van der Waals surface area contributed by atoms with Gasteiger partial charge < -0.3 is 14.6 Å². The van der Waals surface area contributed by atoms with Gasteiger partial charge in [-0.15, -0.1) is 0 Å². The Kier molecular flexibility index (Phi) is 51.0. The molecule has 0 saturated carbocycles. The first-order valence-electron chi connectivity index (χ1n) is 26.2. The zero-order valence-corrected chi connectivity index (χ0v) is 39.8. The van der Waals surface area contributed by atoms with Crippen molar-refractivity contribution in [1.29, 1.82) is 0 Å². The molecule has 0 radical (unpaired) electrons. The molecule has 0 rings (SSSR count). The van der Waals surface area contributed by atoms with Crippen LogP contribution in [0.5, 0.6) is 0 Å². The van der Waals surface area contributed by atoms with Gasteiger partial charge in [-0.1, -0.05) is 236 Å². The van der Waals surface area contributed by atoms with Gasteiger partial charge in [-0.25, -0.2) is 0 Å². The van der Waals surface area contributed by atoms with Gasteiger partial charge in [-0.3, -0.25) is 4.79 Å². The SMILES string of the molecule is CCCCCCC/C=C\C/C=C\C/C=C\CCCCCCCCCCCCC(=O)OC(CO)COCCCCCCCCCCCC/C=C\CCCCCCCCCC. The molecule has 0 aliphatic heterocycles. The van der Waals surface area contributed by atoms with Crippen LogP contribution in [0.1, 0.15) is 271 Å². The Morgan fingerprint density at radius 2 is 0.712 bits per heavy atom. The van der Waals surface area contributed by atoms with Crippen molar-refractivity contribution >= 4 is 5.97 Å². The topological polar surface area (TPSA) is 55.8 Å². The summed E-state index contributed by atoms with van der Waals surface area (Å²) < 4.78 is 11.2. The van der Waals surface area contributed by atoms with Gasteiger partial charge in [0.25, 0.3) is 0 Å². The molecule has 0 amide bonds. The fourth-order valence-corrected chi connectivity index (χ4v) is 7.69. The van der Waals surface area contributed by atoms with Crippen LogP contribution in [0, 0.1) is 0 Å². The third-order valence-electron chi connectivity index (χ3n) is 11.6. The van der Waals surface area contributed by atoms with Crippen molar-refractivity contribution < 1.29 is 19.4 Å². The average molecular weight is 827 g/mol. The van der Waals surface area contributed by atoms with Gasteiger partial charge in [0.15, 0.2) is 0 Å². The van der Waals surface area contributed by atoms with E-state index in [9.17, 15) is 9.90 Å². The molecule has 0 fully saturated rings. The van der Waals surface area contributed by atoms with Crippen molar-refractivity contribution in [2.75, 3.05) is 19.8 Å². The molecule has 4 nitrogen and oxygen atoms in total. The van der Waals surface area contributed by atoms with Crippen LogP contribution >= 0.6 is 0 Å². The lowest BCUT2D eigenvalue weighted by Gasteiger charge is -2.16. The Hall–Kier alpha value is -1.65. The summed E-state index contributed by atoms with van der Waals surface area (Å²) in [5.74, 6) is -0.202. The zero-order chi connectivity index (χ0) is 42.6. The molecular formula is C55H102O4. The van der Waals surface area contributed by atoms with Crippen LogP contribution in [0.4, 0.5) is 0 Å². The highest BCUT2D eigenvalue weighted by Gasteiger charge is 2.13. The number of hydrogen-bond donors (Lipinski definition) is 1. The van der Waals surface area contributed by atoms with Gasteiger partial charge in [0.2, 0.25) is 0 Å². The molecular weight excluding hydrogens is 725 g/mol. The Bertz CT molecular complexity index is 920. The van der Waals surface area contributed by atoms with E-state index in [0.717, 1.165) is 32.1 Å². The van der Waals surface area contributed by atoms with E-state index in [1.807, 2.05) is 0 Å². The summed E-state index contributed by atoms with van der Waals surface area (Å²) in [5, 5.41) is 9.66. The minimum absolute atomic E-state index is 0.173. The predicted octanol–water partition coefficient (Wildman–Crippen LogP) is 17.8. The quantitative estimate of drug-likeness (QED) is 0.0377. The first kappa shape index (κ1) is 57.3. The number of esters is 1.